The van der Waals surface area contributed by atoms with Gasteiger partial charge in [-0.1, -0.05) is 13.0 Å². The fourth-order valence-electron chi connectivity index (χ4n) is 1.96. The van der Waals surface area contributed by atoms with Crippen LogP contribution in [0.4, 0.5) is 0 Å². The molecule has 1 aromatic carbocycles. The second-order valence-corrected chi connectivity index (χ2v) is 4.58. The van der Waals surface area contributed by atoms with Crippen molar-refractivity contribution in [3.63, 3.8) is 0 Å². The highest BCUT2D eigenvalue weighted by Gasteiger charge is 2.20. The van der Waals surface area contributed by atoms with Crippen molar-refractivity contribution in [2.24, 2.45) is 0 Å². The minimum absolute atomic E-state index is 0.564. The molecule has 1 aliphatic heterocycles. The van der Waals surface area contributed by atoms with E-state index in [0.29, 0.717) is 18.2 Å². The highest BCUT2D eigenvalue weighted by Crippen LogP contribution is 2.27. The Labute approximate surface area is 103 Å². The molecule has 0 radical (unpaired) electrons. The van der Waals surface area contributed by atoms with Gasteiger partial charge in [0.2, 0.25) is 0 Å². The Bertz CT molecular complexity index is 411. The summed E-state index contributed by atoms with van der Waals surface area (Å²) in [6, 6.07) is 6.24. The van der Waals surface area contributed by atoms with Crippen LogP contribution in [0.1, 0.15) is 37.3 Å². The molecule has 0 unspecified atom stereocenters. The highest BCUT2D eigenvalue weighted by molar-refractivity contribution is 5.98. The van der Waals surface area contributed by atoms with Crippen LogP contribution in [0.3, 0.4) is 0 Å². The van der Waals surface area contributed by atoms with Crippen LogP contribution in [0.2, 0.25) is 0 Å². The quantitative estimate of drug-likeness (QED) is 0.766. The molecule has 1 saturated heterocycles. The van der Waals surface area contributed by atoms with Crippen LogP contribution < -0.4 is 10.1 Å². The summed E-state index contributed by atoms with van der Waals surface area (Å²) in [7, 11) is 0. The van der Waals surface area contributed by atoms with Crippen LogP contribution in [0.5, 0.6) is 5.75 Å². The monoisotopic (exact) mass is 232 g/mol. The largest absolute Gasteiger partial charge is 0.493 e. The summed E-state index contributed by atoms with van der Waals surface area (Å²) >= 11 is 0. The Hall–Kier alpha value is -1.35. The van der Waals surface area contributed by atoms with E-state index >= 15 is 0 Å². The molecule has 1 fully saturated rings. The molecule has 0 aliphatic carbocycles. The summed E-state index contributed by atoms with van der Waals surface area (Å²) in [5.74, 6) is 1.47. The molecule has 3 heteroatoms. The van der Waals surface area contributed by atoms with E-state index in [1.807, 2.05) is 6.07 Å². The van der Waals surface area contributed by atoms with E-state index in [9.17, 15) is 0 Å². The lowest BCUT2D eigenvalue weighted by atomic mass is 9.92. The Morgan fingerprint density at radius 2 is 2.24 bits per heavy atom. The molecule has 0 aromatic heterocycles. The second-order valence-electron chi connectivity index (χ2n) is 4.58. The normalized spacial score (nSPS) is 15.4. The molecule has 1 aromatic rings. The van der Waals surface area contributed by atoms with Crippen molar-refractivity contribution in [1.82, 2.24) is 5.32 Å². The summed E-state index contributed by atoms with van der Waals surface area (Å²) in [6.45, 7) is 6.72. The number of rotatable bonds is 5. The molecule has 0 saturated carbocycles. The second kappa shape index (κ2) is 5.32. The van der Waals surface area contributed by atoms with Crippen molar-refractivity contribution in [3.05, 3.63) is 29.3 Å². The molecule has 1 heterocycles. The third-order valence-electron chi connectivity index (χ3n) is 3.12. The van der Waals surface area contributed by atoms with Crippen molar-refractivity contribution >= 4 is 5.71 Å². The van der Waals surface area contributed by atoms with Gasteiger partial charge in [-0.25, -0.2) is 0 Å². The average Bonchev–Trinajstić information content (AvgIpc) is 2.23. The van der Waals surface area contributed by atoms with Crippen molar-refractivity contribution in [2.45, 2.75) is 26.2 Å². The predicted molar refractivity (Wildman–Crippen MR) is 70.3 cm³/mol. The molecule has 3 nitrogen and oxygen atoms in total. The average molecular weight is 232 g/mol. The van der Waals surface area contributed by atoms with Gasteiger partial charge in [-0.05, 0) is 31.0 Å². The van der Waals surface area contributed by atoms with Crippen LogP contribution in [0, 0.1) is 5.41 Å². The molecule has 1 aliphatic rings. The van der Waals surface area contributed by atoms with Crippen molar-refractivity contribution in [2.75, 3.05) is 19.7 Å². The molecular weight excluding hydrogens is 212 g/mol. The fraction of sp³-hybridized carbons (Fsp3) is 0.500. The van der Waals surface area contributed by atoms with Crippen LogP contribution in [-0.4, -0.2) is 25.4 Å². The molecular formula is C14H20N2O. The summed E-state index contributed by atoms with van der Waals surface area (Å²) in [5, 5.41) is 11.0. The zero-order valence-electron chi connectivity index (χ0n) is 10.5. The maximum atomic E-state index is 7.76. The van der Waals surface area contributed by atoms with Crippen LogP contribution in [-0.2, 0) is 0 Å². The van der Waals surface area contributed by atoms with Crippen LogP contribution >= 0.6 is 0 Å². The number of hydrogen-bond donors (Lipinski definition) is 2. The van der Waals surface area contributed by atoms with Gasteiger partial charge in [0.05, 0.1) is 6.61 Å². The highest BCUT2D eigenvalue weighted by atomic mass is 16.5. The lowest BCUT2D eigenvalue weighted by Crippen LogP contribution is -2.39. The molecule has 0 atom stereocenters. The van der Waals surface area contributed by atoms with Gasteiger partial charge < -0.3 is 15.5 Å². The Balaban J connectivity index is 2.24. The van der Waals surface area contributed by atoms with Gasteiger partial charge in [0.1, 0.15) is 5.75 Å². The van der Waals surface area contributed by atoms with Gasteiger partial charge in [0.25, 0.3) is 0 Å². The van der Waals surface area contributed by atoms with Gasteiger partial charge in [0.15, 0.2) is 0 Å². The first-order chi connectivity index (χ1) is 8.22. The molecule has 92 valence electrons. The lowest BCUT2D eigenvalue weighted by molar-refractivity contribution is 0.315. The van der Waals surface area contributed by atoms with Gasteiger partial charge in [0, 0.05) is 30.3 Å². The first kappa shape index (κ1) is 12.1. The first-order valence-corrected chi connectivity index (χ1v) is 6.25. The van der Waals surface area contributed by atoms with Gasteiger partial charge in [-0.3, -0.25) is 0 Å². The number of benzene rings is 1. The summed E-state index contributed by atoms with van der Waals surface area (Å²) < 4.78 is 5.75. The van der Waals surface area contributed by atoms with Crippen LogP contribution in [0.25, 0.3) is 0 Å². The van der Waals surface area contributed by atoms with Gasteiger partial charge in [-0.2, -0.15) is 0 Å². The summed E-state index contributed by atoms with van der Waals surface area (Å²) in [5.41, 5.74) is 2.80. The predicted octanol–water partition coefficient (Wildman–Crippen LogP) is 2.55. The minimum atomic E-state index is 0.564. The van der Waals surface area contributed by atoms with Gasteiger partial charge in [-0.15, -0.1) is 0 Å². The third kappa shape index (κ3) is 2.67. The molecule has 0 bridgehead atoms. The molecule has 2 rings (SSSR count). The van der Waals surface area contributed by atoms with E-state index in [1.165, 1.54) is 5.56 Å². The van der Waals surface area contributed by atoms with Crippen molar-refractivity contribution in [3.8, 4) is 5.75 Å². The van der Waals surface area contributed by atoms with E-state index in [-0.39, 0.29) is 0 Å². The summed E-state index contributed by atoms with van der Waals surface area (Å²) in [6.07, 6.45) is 0.992. The number of nitrogens with one attached hydrogen (secondary N) is 2. The topological polar surface area (TPSA) is 45.1 Å². The zero-order valence-corrected chi connectivity index (χ0v) is 10.5. The zero-order chi connectivity index (χ0) is 12.3. The van der Waals surface area contributed by atoms with E-state index in [1.54, 1.807) is 6.92 Å². The molecule has 0 spiro atoms. The standard InChI is InChI=1S/C14H20N2O/c1-3-6-17-14-7-11(12-8-16-9-12)4-5-13(14)10(2)15/h4-5,7,12,15-16H,3,6,8-9H2,1-2H3. The Morgan fingerprint density at radius 1 is 1.47 bits per heavy atom. The Kier molecular flexibility index (Phi) is 3.79. The minimum Gasteiger partial charge on any atom is -0.493 e. The van der Waals surface area contributed by atoms with Gasteiger partial charge >= 0.3 is 0 Å². The van der Waals surface area contributed by atoms with Crippen molar-refractivity contribution in [1.29, 1.82) is 5.41 Å². The maximum Gasteiger partial charge on any atom is 0.128 e. The first-order valence-electron chi connectivity index (χ1n) is 6.25. The van der Waals surface area contributed by atoms with Crippen molar-refractivity contribution < 1.29 is 4.74 Å². The molecule has 0 amide bonds. The third-order valence-corrected chi connectivity index (χ3v) is 3.12. The summed E-state index contributed by atoms with van der Waals surface area (Å²) in [4.78, 5) is 0. The smallest absolute Gasteiger partial charge is 0.128 e. The van der Waals surface area contributed by atoms with E-state index in [0.717, 1.165) is 30.8 Å². The maximum absolute atomic E-state index is 7.76. The number of ether oxygens (including phenoxy) is 1. The van der Waals surface area contributed by atoms with E-state index < -0.39 is 0 Å². The molecule has 17 heavy (non-hydrogen) atoms. The molecule has 2 N–H and O–H groups in total. The van der Waals surface area contributed by atoms with E-state index in [4.69, 9.17) is 10.1 Å². The lowest BCUT2D eigenvalue weighted by Gasteiger charge is -2.28. The number of hydrogen-bond acceptors (Lipinski definition) is 3. The SMILES string of the molecule is CCCOc1cc(C2CNC2)ccc1C(C)=N. The van der Waals surface area contributed by atoms with E-state index in [2.05, 4.69) is 24.4 Å². The van der Waals surface area contributed by atoms with Crippen LogP contribution in [0.15, 0.2) is 18.2 Å². The Morgan fingerprint density at radius 3 is 2.76 bits per heavy atom. The fourth-order valence-corrected chi connectivity index (χ4v) is 1.96.